The molecule has 30 heteroatoms. The minimum absolute atomic E-state index is 0.00299. The van der Waals surface area contributed by atoms with Gasteiger partial charge in [-0.2, -0.15) is 0 Å². The third-order valence-electron chi connectivity index (χ3n) is 21.8. The van der Waals surface area contributed by atoms with Crippen LogP contribution in [0.3, 0.4) is 0 Å². The summed E-state index contributed by atoms with van der Waals surface area (Å²) in [5.41, 5.74) is 1.96. The fraction of sp³-hybridized carbons (Fsp3) is 0.317. The number of hydrogen-bond acceptors (Lipinski definition) is 30. The van der Waals surface area contributed by atoms with Crippen molar-refractivity contribution in [3.8, 4) is 46.0 Å². The third-order valence-corrected chi connectivity index (χ3v) is 21.8. The predicted octanol–water partition coefficient (Wildman–Crippen LogP) is 19.0. The summed E-state index contributed by atoms with van der Waals surface area (Å²) >= 11 is 0. The van der Waals surface area contributed by atoms with Gasteiger partial charge in [0.25, 0.3) is 0 Å². The van der Waals surface area contributed by atoms with Crippen LogP contribution in [-0.2, 0) is 52.5 Å². The Balaban J connectivity index is 0.000000189. The van der Waals surface area contributed by atoms with Crippen LogP contribution in [0.4, 0.5) is 0 Å². The number of esters is 7. The molecule has 13 aromatic rings. The molecule has 13 rings (SSSR count). The lowest BCUT2D eigenvalue weighted by molar-refractivity contribution is -0.159. The quantitative estimate of drug-likeness (QED) is 0.00962. The molecule has 134 heavy (non-hydrogen) atoms. The molecule has 704 valence electrons. The smallest absolute Gasteiger partial charge is 0.349 e. The van der Waals surface area contributed by atoms with Gasteiger partial charge < -0.3 is 84.3 Å². The first-order valence-corrected chi connectivity index (χ1v) is 43.4. The van der Waals surface area contributed by atoms with E-state index in [0.717, 1.165) is 41.8 Å². The summed E-state index contributed by atoms with van der Waals surface area (Å²) in [7, 11) is 1.41. The summed E-state index contributed by atoms with van der Waals surface area (Å²) in [6.07, 6.45) is 5.76. The summed E-state index contributed by atoms with van der Waals surface area (Å²) in [5, 5.41) is 10.7. The van der Waals surface area contributed by atoms with E-state index in [1.807, 2.05) is 77.9 Å². The Morgan fingerprint density at radius 1 is 0.343 bits per heavy atom. The van der Waals surface area contributed by atoms with E-state index in [4.69, 9.17) is 84.3 Å². The second-order valence-electron chi connectivity index (χ2n) is 32.5. The van der Waals surface area contributed by atoms with Gasteiger partial charge in [0.05, 0.1) is 23.5 Å². The SMILES string of the molecule is CCC(C)(C)C(=O)OCCOC(=O)COc1ccc2oc(=O)ccc2c1.CCC(C)(C)OC(=O)COc1ccc2oc(=O)ccc2c1.CCC(C)(CC(C)c1ccc(OC(=O)COc2ccc3oc(=O)ccc3c2)cc1)C(=O)OC.CCC(C)c1ccc(OC(=O)COc2ccc3oc(=O)c(C=N)cc3c2)cc1.CCC(C)c1ccc(OC(=O)COc2ccc3oc(=O)ccc3c2)cc1. The summed E-state index contributed by atoms with van der Waals surface area (Å²) in [4.78, 5) is 140. The van der Waals surface area contributed by atoms with Gasteiger partial charge in [-0.3, -0.25) is 9.59 Å². The number of hydrogen-bond donors (Lipinski definition) is 1. The van der Waals surface area contributed by atoms with Crippen molar-refractivity contribution in [2.75, 3.05) is 53.4 Å². The van der Waals surface area contributed by atoms with Crippen LogP contribution < -0.4 is 66.0 Å². The van der Waals surface area contributed by atoms with Crippen LogP contribution >= 0.6 is 0 Å². The molecule has 5 heterocycles. The maximum Gasteiger partial charge on any atom is 0.349 e. The van der Waals surface area contributed by atoms with Gasteiger partial charge in [-0.15, -0.1) is 0 Å². The molecule has 0 aliphatic rings. The van der Waals surface area contributed by atoms with Crippen LogP contribution in [0.5, 0.6) is 46.0 Å². The first-order chi connectivity index (χ1) is 64.0. The van der Waals surface area contributed by atoms with Crippen LogP contribution in [0.1, 0.15) is 169 Å². The minimum atomic E-state index is -0.574. The maximum absolute atomic E-state index is 12.2. The van der Waals surface area contributed by atoms with Gasteiger partial charge in [0.15, 0.2) is 33.0 Å². The third kappa shape index (κ3) is 31.5. The summed E-state index contributed by atoms with van der Waals surface area (Å²) in [6, 6.07) is 60.1. The Kier molecular flexibility index (Phi) is 37.6. The Bertz CT molecular complexity index is 6540. The van der Waals surface area contributed by atoms with Gasteiger partial charge in [-0.05, 0) is 265 Å². The van der Waals surface area contributed by atoms with Gasteiger partial charge in [0, 0.05) is 57.4 Å². The molecule has 5 aromatic heterocycles. The Labute approximate surface area is 771 Å². The topological polar surface area (TPSA) is 405 Å². The number of nitrogens with one attached hydrogen (secondary N) is 1. The van der Waals surface area contributed by atoms with Gasteiger partial charge in [-0.1, -0.05) is 91.8 Å². The van der Waals surface area contributed by atoms with Crippen LogP contribution in [0.2, 0.25) is 0 Å². The molecule has 0 radical (unpaired) electrons. The minimum Gasteiger partial charge on any atom is -0.482 e. The van der Waals surface area contributed by atoms with Crippen molar-refractivity contribution in [2.45, 2.75) is 152 Å². The van der Waals surface area contributed by atoms with Crippen molar-refractivity contribution >= 4 is 103 Å². The second kappa shape index (κ2) is 49.1. The number of carbonyl (C=O) groups is 7. The number of ether oxygens (including phenoxy) is 12. The largest absolute Gasteiger partial charge is 0.482 e. The van der Waals surface area contributed by atoms with Crippen molar-refractivity contribution in [3.05, 3.63) is 293 Å². The van der Waals surface area contributed by atoms with Crippen molar-refractivity contribution in [3.63, 3.8) is 0 Å². The van der Waals surface area contributed by atoms with E-state index in [0.29, 0.717) is 121 Å². The molecule has 4 atom stereocenters. The van der Waals surface area contributed by atoms with Crippen molar-refractivity contribution in [1.82, 2.24) is 0 Å². The Morgan fingerprint density at radius 2 is 0.657 bits per heavy atom. The average molecular weight is 1840 g/mol. The fourth-order valence-corrected chi connectivity index (χ4v) is 12.6. The van der Waals surface area contributed by atoms with E-state index in [9.17, 15) is 57.5 Å². The fourth-order valence-electron chi connectivity index (χ4n) is 12.6. The molecular weight excluding hydrogens is 1730 g/mol. The molecule has 0 spiro atoms. The van der Waals surface area contributed by atoms with E-state index in [2.05, 4.69) is 34.6 Å². The predicted molar refractivity (Wildman–Crippen MR) is 501 cm³/mol. The molecule has 0 amide bonds. The molecular formula is C104H109NO29. The van der Waals surface area contributed by atoms with Crippen LogP contribution in [-0.4, -0.2) is 107 Å². The highest BCUT2D eigenvalue weighted by molar-refractivity contribution is 5.87. The molecule has 4 unspecified atom stereocenters. The zero-order valence-corrected chi connectivity index (χ0v) is 77.1. The number of fused-ring (bicyclic) bond motifs is 5. The van der Waals surface area contributed by atoms with Crippen LogP contribution in [0, 0.1) is 16.2 Å². The van der Waals surface area contributed by atoms with Crippen molar-refractivity contribution < 1.29 is 112 Å². The van der Waals surface area contributed by atoms with E-state index >= 15 is 0 Å². The Hall–Kier alpha value is -15.2. The maximum atomic E-state index is 12.2. The number of carbonyl (C=O) groups excluding carboxylic acids is 7. The molecule has 0 aliphatic heterocycles. The van der Waals surface area contributed by atoms with Crippen molar-refractivity contribution in [2.24, 2.45) is 10.8 Å². The number of rotatable bonds is 35. The van der Waals surface area contributed by atoms with Crippen molar-refractivity contribution in [1.29, 1.82) is 5.41 Å². The highest BCUT2D eigenvalue weighted by atomic mass is 16.6. The standard InChI is InChI=1S/C26H28O7.C22H21NO5.C21H20O5.C19H22O7.C16H18O5/c1-5-26(3,25(29)30-4)15-17(2)18-6-9-20(10-7-18)32-24(28)16-31-21-11-12-22-19(14-21)8-13-23(27)33-22;1-3-14(2)15-4-6-18(7-5-15)27-21(24)13-26-19-8-9-20-16(11-19)10-17(12-23)22(25)28-20;1-3-14(2)15-4-7-17(8-5-15)25-21(23)13-24-18-9-10-19-16(12-18)6-11-20(22)26-19;1-4-19(2,3)18(22)24-10-9-23-17(21)12-25-14-6-7-15-13(11-14)5-8-16(20)26-15;1-4-16(2,3)21-15(18)10-19-12-6-7-13-11(9-12)5-8-14(17)20-13/h6-14,17H,5,15-16H2,1-4H3;4-12,14,23H,3,13H2,1-2H3;4-12,14H,3,13H2,1-2H3;5-8,11H,4,9-10,12H2,1-3H3;5-9H,4,10H2,1-3H3. The first-order valence-electron chi connectivity index (χ1n) is 43.4. The normalized spacial score (nSPS) is 12.1. The first kappa shape index (κ1) is 103. The molecule has 8 aromatic carbocycles. The summed E-state index contributed by atoms with van der Waals surface area (Å²) < 4.78 is 88.7. The monoisotopic (exact) mass is 1840 g/mol. The van der Waals surface area contributed by atoms with E-state index in [1.54, 1.807) is 166 Å². The lowest BCUT2D eigenvalue weighted by Gasteiger charge is -2.28. The van der Waals surface area contributed by atoms with E-state index in [1.165, 1.54) is 48.6 Å². The zero-order valence-electron chi connectivity index (χ0n) is 77.1. The van der Waals surface area contributed by atoms with E-state index < -0.39 is 74.4 Å². The summed E-state index contributed by atoms with van der Waals surface area (Å²) in [6.45, 7) is 24.4. The zero-order chi connectivity index (χ0) is 97.2. The lowest BCUT2D eigenvalue weighted by Crippen LogP contribution is -2.30. The molecule has 0 saturated carbocycles. The van der Waals surface area contributed by atoms with Gasteiger partial charge in [-0.25, -0.2) is 47.9 Å². The van der Waals surface area contributed by atoms with E-state index in [-0.39, 0.29) is 69.7 Å². The number of benzene rings is 8. The number of methoxy groups -OCH3 is 1. The van der Waals surface area contributed by atoms with Gasteiger partial charge in [0.2, 0.25) is 0 Å². The second-order valence-corrected chi connectivity index (χ2v) is 32.5. The summed E-state index contributed by atoms with van der Waals surface area (Å²) in [5.74, 6) is 1.70. The molecule has 0 bridgehead atoms. The molecule has 30 nitrogen and oxygen atoms in total. The lowest BCUT2D eigenvalue weighted by atomic mass is 9.77. The molecule has 0 fully saturated rings. The highest BCUT2D eigenvalue weighted by Crippen LogP contribution is 2.37. The highest BCUT2D eigenvalue weighted by Gasteiger charge is 2.35. The van der Waals surface area contributed by atoms with Crippen LogP contribution in [0.25, 0.3) is 54.8 Å². The average Bonchev–Trinajstić information content (AvgIpc) is 0.755. The van der Waals surface area contributed by atoms with Gasteiger partial charge >= 0.3 is 69.9 Å². The molecule has 1 N–H and O–H groups in total. The Morgan fingerprint density at radius 3 is 0.978 bits per heavy atom. The molecule has 0 saturated heterocycles. The van der Waals surface area contributed by atoms with Crippen LogP contribution in [0.15, 0.2) is 264 Å². The molecule has 0 aliphatic carbocycles. The van der Waals surface area contributed by atoms with Gasteiger partial charge in [0.1, 0.15) is 92.7 Å².